The highest BCUT2D eigenvalue weighted by molar-refractivity contribution is 8.00. The van der Waals surface area contributed by atoms with E-state index >= 15 is 0 Å². The van der Waals surface area contributed by atoms with E-state index in [4.69, 9.17) is 4.74 Å². The molecule has 0 spiro atoms. The number of imidazole rings is 1. The second kappa shape index (κ2) is 5.70. The molecule has 1 unspecified atom stereocenters. The maximum atomic E-state index is 12.6. The Morgan fingerprint density at radius 2 is 2.14 bits per heavy atom. The summed E-state index contributed by atoms with van der Waals surface area (Å²) in [7, 11) is -1.94. The first-order valence-electron chi connectivity index (χ1n) is 6.38. The number of hydrogen-bond donors (Lipinski definition) is 1. The van der Waals surface area contributed by atoms with E-state index in [2.05, 4.69) is 9.97 Å². The molecule has 1 aliphatic rings. The molecule has 0 saturated carbocycles. The third kappa shape index (κ3) is 2.66. The van der Waals surface area contributed by atoms with Gasteiger partial charge in [-0.05, 0) is 17.7 Å². The Hall–Kier alpha value is -1.51. The maximum absolute atomic E-state index is 12.6. The fourth-order valence-electron chi connectivity index (χ4n) is 2.24. The lowest BCUT2D eigenvalue weighted by molar-refractivity contribution is 0.413. The molecular formula is C13H15N3O3S2. The Bertz CT molecular complexity index is 699. The number of hydrogen-bond acceptors (Lipinski definition) is 5. The van der Waals surface area contributed by atoms with Crippen molar-refractivity contribution >= 4 is 21.8 Å². The van der Waals surface area contributed by atoms with Crippen LogP contribution in [0.15, 0.2) is 41.8 Å². The van der Waals surface area contributed by atoms with Gasteiger partial charge in [-0.25, -0.2) is 13.4 Å². The minimum atomic E-state index is -3.55. The van der Waals surface area contributed by atoms with Crippen LogP contribution in [0.3, 0.4) is 0 Å². The predicted molar refractivity (Wildman–Crippen MR) is 80.7 cm³/mol. The van der Waals surface area contributed by atoms with Crippen molar-refractivity contribution in [1.82, 2.24) is 14.3 Å². The van der Waals surface area contributed by atoms with E-state index in [-0.39, 0.29) is 10.4 Å². The first-order chi connectivity index (χ1) is 10.1. The van der Waals surface area contributed by atoms with Crippen LogP contribution in [0.1, 0.15) is 10.9 Å². The van der Waals surface area contributed by atoms with Crippen LogP contribution >= 0.6 is 11.8 Å². The lowest BCUT2D eigenvalue weighted by atomic mass is 10.2. The van der Waals surface area contributed by atoms with Crippen LogP contribution in [0.25, 0.3) is 0 Å². The molecule has 0 aliphatic carbocycles. The third-order valence-corrected chi connectivity index (χ3v) is 6.49. The molecule has 6 nitrogen and oxygen atoms in total. The van der Waals surface area contributed by atoms with Crippen LogP contribution in [0, 0.1) is 0 Å². The molecular weight excluding hydrogens is 310 g/mol. The van der Waals surface area contributed by atoms with E-state index in [0.29, 0.717) is 6.54 Å². The van der Waals surface area contributed by atoms with Crippen molar-refractivity contribution < 1.29 is 13.2 Å². The number of H-pyrrole nitrogens is 1. The number of sulfonamides is 1. The average Bonchev–Trinajstić information content (AvgIpc) is 3.19. The number of thioether (sulfide) groups is 1. The molecule has 2 heterocycles. The molecule has 1 saturated heterocycles. The molecule has 0 amide bonds. The van der Waals surface area contributed by atoms with E-state index in [9.17, 15) is 8.42 Å². The fraction of sp³-hybridized carbons (Fsp3) is 0.308. The van der Waals surface area contributed by atoms with E-state index in [1.54, 1.807) is 18.9 Å². The highest BCUT2D eigenvalue weighted by Crippen LogP contribution is 2.41. The molecule has 1 fully saturated rings. The quantitative estimate of drug-likeness (QED) is 0.928. The molecule has 0 radical (unpaired) electrons. The normalized spacial score (nSPS) is 19.8. The van der Waals surface area contributed by atoms with Crippen LogP contribution in [0.4, 0.5) is 0 Å². The minimum Gasteiger partial charge on any atom is -0.497 e. The molecule has 0 bridgehead atoms. The Balaban J connectivity index is 1.92. The van der Waals surface area contributed by atoms with Gasteiger partial charge < -0.3 is 9.72 Å². The van der Waals surface area contributed by atoms with E-state index < -0.39 is 10.0 Å². The molecule has 3 rings (SSSR count). The van der Waals surface area contributed by atoms with E-state index in [1.165, 1.54) is 16.8 Å². The highest BCUT2D eigenvalue weighted by Gasteiger charge is 2.37. The summed E-state index contributed by atoms with van der Waals surface area (Å²) in [5, 5.41) is -0.0901. The second-order valence-corrected chi connectivity index (χ2v) is 7.58. The average molecular weight is 325 g/mol. The summed E-state index contributed by atoms with van der Waals surface area (Å²) < 4.78 is 31.9. The van der Waals surface area contributed by atoms with Gasteiger partial charge in [0.1, 0.15) is 5.75 Å². The highest BCUT2D eigenvalue weighted by atomic mass is 32.2. The first-order valence-corrected chi connectivity index (χ1v) is 8.87. The van der Waals surface area contributed by atoms with Gasteiger partial charge in [-0.2, -0.15) is 4.31 Å². The molecule has 1 aromatic carbocycles. The standard InChI is InChI=1S/C13H15N3O3S2/c1-19-11-4-2-10(3-5-11)13-16(6-7-20-13)21(17,18)12-8-14-9-15-12/h2-5,8-9,13H,6-7H2,1H3,(H,14,15). The van der Waals surface area contributed by atoms with Crippen molar-refractivity contribution in [3.05, 3.63) is 42.4 Å². The summed E-state index contributed by atoms with van der Waals surface area (Å²) in [6.07, 6.45) is 2.71. The molecule has 1 aromatic heterocycles. The summed E-state index contributed by atoms with van der Waals surface area (Å²) in [5.74, 6) is 1.52. The van der Waals surface area contributed by atoms with Gasteiger partial charge in [0.25, 0.3) is 10.0 Å². The Kier molecular flexibility index (Phi) is 3.92. The number of nitrogens with zero attached hydrogens (tertiary/aromatic N) is 2. The number of aromatic amines is 1. The summed E-state index contributed by atoms with van der Waals surface area (Å²) in [5.41, 5.74) is 0.946. The second-order valence-electron chi connectivity index (χ2n) is 4.53. The topological polar surface area (TPSA) is 75.3 Å². The summed E-state index contributed by atoms with van der Waals surface area (Å²) in [6.45, 7) is 0.489. The zero-order valence-electron chi connectivity index (χ0n) is 11.4. The SMILES string of the molecule is COc1ccc(C2SCCN2S(=O)(=O)c2cnc[nH]2)cc1. The van der Waals surface area contributed by atoms with Gasteiger partial charge in [-0.1, -0.05) is 12.1 Å². The van der Waals surface area contributed by atoms with Crippen LogP contribution in [0.2, 0.25) is 0 Å². The lowest BCUT2D eigenvalue weighted by Gasteiger charge is -2.22. The van der Waals surface area contributed by atoms with Gasteiger partial charge in [0.2, 0.25) is 0 Å². The Morgan fingerprint density at radius 1 is 1.38 bits per heavy atom. The summed E-state index contributed by atoms with van der Waals surface area (Å²) in [6, 6.07) is 7.49. The summed E-state index contributed by atoms with van der Waals surface area (Å²) >= 11 is 1.61. The van der Waals surface area contributed by atoms with Crippen molar-refractivity contribution in [1.29, 1.82) is 0 Å². The number of methoxy groups -OCH3 is 1. The molecule has 21 heavy (non-hydrogen) atoms. The summed E-state index contributed by atoms with van der Waals surface area (Å²) in [4.78, 5) is 6.47. The number of aromatic nitrogens is 2. The first kappa shape index (κ1) is 14.4. The van der Waals surface area contributed by atoms with Crippen molar-refractivity contribution in [2.24, 2.45) is 0 Å². The molecule has 8 heteroatoms. The molecule has 1 N–H and O–H groups in total. The smallest absolute Gasteiger partial charge is 0.261 e. The zero-order chi connectivity index (χ0) is 14.9. The predicted octanol–water partition coefficient (Wildman–Crippen LogP) is 1.85. The van der Waals surface area contributed by atoms with Gasteiger partial charge >= 0.3 is 0 Å². The van der Waals surface area contributed by atoms with Gasteiger partial charge in [-0.15, -0.1) is 11.8 Å². The van der Waals surface area contributed by atoms with Gasteiger partial charge in [0.15, 0.2) is 5.03 Å². The largest absolute Gasteiger partial charge is 0.497 e. The van der Waals surface area contributed by atoms with E-state index in [0.717, 1.165) is 17.1 Å². The number of benzene rings is 1. The van der Waals surface area contributed by atoms with Crippen molar-refractivity contribution in [2.45, 2.75) is 10.4 Å². The third-order valence-electron chi connectivity index (χ3n) is 3.31. The molecule has 2 aromatic rings. The van der Waals surface area contributed by atoms with Crippen LogP contribution in [-0.2, 0) is 10.0 Å². The lowest BCUT2D eigenvalue weighted by Crippen LogP contribution is -2.30. The number of rotatable bonds is 4. The van der Waals surface area contributed by atoms with Crippen LogP contribution in [-0.4, -0.2) is 42.1 Å². The maximum Gasteiger partial charge on any atom is 0.261 e. The zero-order valence-corrected chi connectivity index (χ0v) is 13.0. The number of ether oxygens (including phenoxy) is 1. The van der Waals surface area contributed by atoms with Crippen molar-refractivity contribution in [3.63, 3.8) is 0 Å². The Morgan fingerprint density at radius 3 is 2.76 bits per heavy atom. The van der Waals surface area contributed by atoms with Crippen molar-refractivity contribution in [2.75, 3.05) is 19.4 Å². The number of nitrogens with one attached hydrogen (secondary N) is 1. The monoisotopic (exact) mass is 325 g/mol. The minimum absolute atomic E-state index is 0.128. The molecule has 1 aliphatic heterocycles. The molecule has 112 valence electrons. The van der Waals surface area contributed by atoms with Gasteiger partial charge in [0.05, 0.1) is 25.0 Å². The Labute approximate surface area is 127 Å². The van der Waals surface area contributed by atoms with Crippen LogP contribution in [0.5, 0.6) is 5.75 Å². The molecule has 1 atom stereocenters. The van der Waals surface area contributed by atoms with Gasteiger partial charge in [-0.3, -0.25) is 0 Å². The fourth-order valence-corrected chi connectivity index (χ4v) is 5.38. The van der Waals surface area contributed by atoms with E-state index in [1.807, 2.05) is 24.3 Å². The van der Waals surface area contributed by atoms with Crippen LogP contribution < -0.4 is 4.74 Å². The van der Waals surface area contributed by atoms with Crippen molar-refractivity contribution in [3.8, 4) is 5.75 Å². The van der Waals surface area contributed by atoms with Gasteiger partial charge in [0, 0.05) is 12.3 Å².